The zero-order valence-electron chi connectivity index (χ0n) is 25.9. The number of halogens is 4. The van der Waals surface area contributed by atoms with Gasteiger partial charge < -0.3 is 41.7 Å². The summed E-state index contributed by atoms with van der Waals surface area (Å²) in [4.78, 5) is 55.8. The number of aliphatic hydroxyl groups excluding tert-OH is 2. The number of ketones is 2. The quantitative estimate of drug-likeness (QED) is 0.179. The number of nitrogens with one attached hydrogen (secondary N) is 2. The number of fused-ring (bicyclic) bond motifs is 3. The summed E-state index contributed by atoms with van der Waals surface area (Å²) in [7, 11) is 6.22. The summed E-state index contributed by atoms with van der Waals surface area (Å²) in [5, 5.41) is 49.6. The van der Waals surface area contributed by atoms with Crippen LogP contribution in [0.4, 0.5) is 35.0 Å². The average molecular weight is 694 g/mol. The van der Waals surface area contributed by atoms with Gasteiger partial charge in [-0.15, -0.1) is 0 Å². The predicted octanol–water partition coefficient (Wildman–Crippen LogP) is 3.50. The first-order valence-electron chi connectivity index (χ1n) is 14.4. The summed E-state index contributed by atoms with van der Waals surface area (Å²) in [6.45, 7) is 0. The number of likely N-dealkylation sites (N-methyl/N-ethyl adjacent to an activating group) is 1. The highest BCUT2D eigenvalue weighted by atomic mass is 35.5. The maximum atomic E-state index is 14.1. The van der Waals surface area contributed by atoms with E-state index in [0.717, 1.165) is 12.1 Å². The van der Waals surface area contributed by atoms with Crippen molar-refractivity contribution in [3.8, 4) is 5.75 Å². The Labute approximate surface area is 276 Å². The molecule has 0 bridgehead atoms. The van der Waals surface area contributed by atoms with E-state index in [1.165, 1.54) is 25.1 Å². The number of carbonyl (C=O) groups excluding carboxylic acids is 4. The van der Waals surface area contributed by atoms with Gasteiger partial charge >= 0.3 is 12.2 Å². The molecule has 0 fully saturated rings. The van der Waals surface area contributed by atoms with Crippen LogP contribution in [-0.4, -0.2) is 88.7 Å². The minimum absolute atomic E-state index is 0.0260. The summed E-state index contributed by atoms with van der Waals surface area (Å²) in [6, 6.07) is 1.62. The van der Waals surface area contributed by atoms with Gasteiger partial charge in [0.05, 0.1) is 28.5 Å². The van der Waals surface area contributed by atoms with E-state index in [0.29, 0.717) is 11.8 Å². The van der Waals surface area contributed by atoms with Gasteiger partial charge in [0.2, 0.25) is 5.78 Å². The lowest BCUT2D eigenvalue weighted by Crippen LogP contribution is -2.63. The molecule has 4 atom stereocenters. The second-order valence-electron chi connectivity index (χ2n) is 12.3. The van der Waals surface area contributed by atoms with Crippen molar-refractivity contribution in [2.24, 2.45) is 17.6 Å². The first kappa shape index (κ1) is 34.5. The molecule has 2 aromatic rings. The molecule has 0 spiro atoms. The molecule has 3 aliphatic rings. The van der Waals surface area contributed by atoms with Gasteiger partial charge in [0.1, 0.15) is 17.1 Å². The van der Waals surface area contributed by atoms with Gasteiger partial charge in [0.25, 0.3) is 5.91 Å². The van der Waals surface area contributed by atoms with Crippen LogP contribution in [0, 0.1) is 11.8 Å². The van der Waals surface area contributed by atoms with Crippen LogP contribution < -0.4 is 21.3 Å². The van der Waals surface area contributed by atoms with E-state index in [-0.39, 0.29) is 29.1 Å². The lowest BCUT2D eigenvalue weighted by molar-refractivity contribution is -0.148. The fourth-order valence-corrected chi connectivity index (χ4v) is 7.10. The molecular formula is C31H31ClF3N5O8. The van der Waals surface area contributed by atoms with E-state index >= 15 is 0 Å². The van der Waals surface area contributed by atoms with Gasteiger partial charge in [-0.3, -0.25) is 19.3 Å². The highest BCUT2D eigenvalue weighted by molar-refractivity contribution is 6.30. The van der Waals surface area contributed by atoms with Crippen molar-refractivity contribution < 1.29 is 52.8 Å². The molecule has 8 N–H and O–H groups in total. The second kappa shape index (κ2) is 11.7. The number of Topliss-reactive ketones (excluding diaryl/α,β-unsaturated/α-hetero) is 2. The molecular weight excluding hydrogens is 663 g/mol. The number of primary amides is 1. The number of carbonyl (C=O) groups is 4. The molecule has 256 valence electrons. The van der Waals surface area contributed by atoms with Gasteiger partial charge in [-0.25, -0.2) is 4.79 Å². The van der Waals surface area contributed by atoms with Gasteiger partial charge in [-0.05, 0) is 62.7 Å². The van der Waals surface area contributed by atoms with Crippen molar-refractivity contribution in [1.82, 2.24) is 4.90 Å². The molecule has 0 saturated heterocycles. The van der Waals surface area contributed by atoms with Crippen molar-refractivity contribution >= 4 is 52.2 Å². The molecule has 0 radical (unpaired) electrons. The van der Waals surface area contributed by atoms with Crippen LogP contribution in [0.1, 0.15) is 27.9 Å². The number of hydrogen-bond donors (Lipinski definition) is 7. The average Bonchev–Trinajstić information content (AvgIpc) is 2.96. The Balaban J connectivity index is 1.60. The molecule has 0 saturated carbocycles. The van der Waals surface area contributed by atoms with Crippen molar-refractivity contribution in [1.29, 1.82) is 0 Å². The lowest BCUT2D eigenvalue weighted by Gasteiger charge is -2.50. The highest BCUT2D eigenvalue weighted by Gasteiger charge is 2.63. The molecule has 0 aromatic heterocycles. The highest BCUT2D eigenvalue weighted by Crippen LogP contribution is 2.54. The first-order chi connectivity index (χ1) is 22.2. The normalized spacial score (nSPS) is 23.8. The zero-order chi connectivity index (χ0) is 35.8. The van der Waals surface area contributed by atoms with Crippen LogP contribution in [0.2, 0.25) is 5.02 Å². The minimum atomic E-state index is -4.87. The van der Waals surface area contributed by atoms with Crippen LogP contribution >= 0.6 is 11.6 Å². The summed E-state index contributed by atoms with van der Waals surface area (Å²) >= 11 is 5.71. The largest absolute Gasteiger partial charge is 0.510 e. The molecule has 0 aliphatic heterocycles. The van der Waals surface area contributed by atoms with Crippen molar-refractivity contribution in [2.45, 2.75) is 30.7 Å². The van der Waals surface area contributed by atoms with E-state index in [4.69, 9.17) is 17.3 Å². The Morgan fingerprint density at radius 2 is 1.67 bits per heavy atom. The third-order valence-electron chi connectivity index (χ3n) is 8.96. The summed E-state index contributed by atoms with van der Waals surface area (Å²) in [5.74, 6) is -8.42. The standard InChI is InChI=1S/C31H31ClF3N5O8/c1-39(2)18-10-17(38-29(47)37-16-6-5-12(32)9-14(16)31(33,34)35)23(41)20-13(18)7-11-8-15-22(40(3)4)25(43)21(28(36)46)27(45)30(15,48)26(44)19(11)24(20)42/h5-6,9-11,15,22,41,43-44,48H,7-8H2,1-4H3,(H2,36,46)(H2,37,38,47)/t11-,15+,22-,30+/m1/s1. The number of benzene rings is 2. The number of allylic oxidation sites excluding steroid dienone is 1. The topological polar surface area (TPSA) is 206 Å². The molecule has 17 heteroatoms. The van der Waals surface area contributed by atoms with Crippen LogP contribution in [0.5, 0.6) is 5.75 Å². The van der Waals surface area contributed by atoms with E-state index in [9.17, 15) is 52.8 Å². The molecule has 0 unspecified atom stereocenters. The summed E-state index contributed by atoms with van der Waals surface area (Å²) in [6.07, 6.45) is -5.04. The number of phenolic OH excluding ortho intramolecular Hbond substituents is 1. The van der Waals surface area contributed by atoms with Gasteiger partial charge in [0.15, 0.2) is 17.1 Å². The second-order valence-corrected chi connectivity index (χ2v) is 12.7. The third kappa shape index (κ3) is 5.29. The zero-order valence-corrected chi connectivity index (χ0v) is 26.6. The number of anilines is 3. The van der Waals surface area contributed by atoms with Gasteiger partial charge in [-0.2, -0.15) is 13.2 Å². The Hall–Kier alpha value is -4.80. The van der Waals surface area contributed by atoms with E-state index in [2.05, 4.69) is 10.6 Å². The Morgan fingerprint density at radius 3 is 2.23 bits per heavy atom. The fraction of sp³-hybridized carbons (Fsp3) is 0.355. The number of rotatable bonds is 5. The molecule has 3 aliphatic carbocycles. The number of amides is 3. The third-order valence-corrected chi connectivity index (χ3v) is 9.20. The number of aromatic hydroxyl groups is 1. The van der Waals surface area contributed by atoms with E-state index in [1.807, 2.05) is 0 Å². The molecule has 13 nitrogen and oxygen atoms in total. The number of nitrogens with two attached hydrogens (primary N) is 1. The van der Waals surface area contributed by atoms with Crippen molar-refractivity contribution in [3.63, 3.8) is 0 Å². The summed E-state index contributed by atoms with van der Waals surface area (Å²) < 4.78 is 40.8. The molecule has 3 amide bonds. The van der Waals surface area contributed by atoms with Crippen LogP contribution in [0.3, 0.4) is 0 Å². The smallest absolute Gasteiger partial charge is 0.418 e. The number of hydrogen-bond acceptors (Lipinski definition) is 10. The predicted molar refractivity (Wildman–Crippen MR) is 167 cm³/mol. The Morgan fingerprint density at radius 1 is 1.04 bits per heavy atom. The molecule has 2 aromatic carbocycles. The number of urea groups is 1. The molecule has 5 rings (SSSR count). The Bertz CT molecular complexity index is 1860. The molecule has 0 heterocycles. The van der Waals surface area contributed by atoms with Crippen LogP contribution in [-0.2, 0) is 22.2 Å². The number of aliphatic hydroxyl groups is 3. The van der Waals surface area contributed by atoms with Crippen LogP contribution in [0.25, 0.3) is 0 Å². The van der Waals surface area contributed by atoms with Gasteiger partial charge in [0, 0.05) is 36.3 Å². The Kier molecular flexibility index (Phi) is 8.43. The number of phenols is 1. The van der Waals surface area contributed by atoms with E-state index in [1.54, 1.807) is 19.0 Å². The van der Waals surface area contributed by atoms with Gasteiger partial charge in [-0.1, -0.05) is 11.6 Å². The fourth-order valence-electron chi connectivity index (χ4n) is 6.93. The number of alkyl halides is 3. The maximum Gasteiger partial charge on any atom is 0.418 e. The number of nitrogens with zero attached hydrogens (tertiary/aromatic N) is 2. The minimum Gasteiger partial charge on any atom is -0.510 e. The monoisotopic (exact) mass is 693 g/mol. The molecule has 48 heavy (non-hydrogen) atoms. The SMILES string of the molecule is CN(C)c1cc(NC(=O)Nc2ccc(Cl)cc2C(F)(F)F)c(O)c2c1C[C@@H]1C[C@H]3[C@@H](N(C)C)C(O)=C(C(N)=O)C(=O)[C@@]3(O)C(O)=C1C2=O. The first-order valence-corrected chi connectivity index (χ1v) is 14.7. The lowest BCUT2D eigenvalue weighted by atomic mass is 9.58. The van der Waals surface area contributed by atoms with E-state index < -0.39 is 98.4 Å². The summed E-state index contributed by atoms with van der Waals surface area (Å²) in [5.41, 5.74) is -0.945. The van der Waals surface area contributed by atoms with Crippen LogP contribution in [0.15, 0.2) is 46.9 Å². The maximum absolute atomic E-state index is 14.1. The van der Waals surface area contributed by atoms with Crippen molar-refractivity contribution in [3.05, 3.63) is 68.6 Å². The van der Waals surface area contributed by atoms with Crippen molar-refractivity contribution in [2.75, 3.05) is 43.7 Å².